The van der Waals surface area contributed by atoms with Crippen LogP contribution in [0.3, 0.4) is 0 Å². The van der Waals surface area contributed by atoms with Gasteiger partial charge in [-0.1, -0.05) is 12.1 Å². The molecule has 1 aliphatic heterocycles. The van der Waals surface area contributed by atoms with Gasteiger partial charge in [0, 0.05) is 25.3 Å². The first-order valence-electron chi connectivity index (χ1n) is 7.19. The topological polar surface area (TPSA) is 57.6 Å². The maximum atomic E-state index is 12.0. The summed E-state index contributed by atoms with van der Waals surface area (Å²) in [6, 6.07) is 7.05. The molecule has 0 saturated carbocycles. The molecule has 0 unspecified atom stereocenters. The fraction of sp³-hybridized carbons (Fsp3) is 0.500. The SMILES string of the molecule is CSCCC(=O)N1CC[C@@H](Cc2ccc(C(=O)O)cc2)C1. The van der Waals surface area contributed by atoms with E-state index in [1.54, 1.807) is 23.9 Å². The lowest BCUT2D eigenvalue weighted by Crippen LogP contribution is -2.29. The fourth-order valence-corrected chi connectivity index (χ4v) is 3.07. The van der Waals surface area contributed by atoms with Crippen LogP contribution in [0.1, 0.15) is 28.8 Å². The highest BCUT2D eigenvalue weighted by Gasteiger charge is 2.25. The van der Waals surface area contributed by atoms with Crippen LogP contribution in [0, 0.1) is 5.92 Å². The van der Waals surface area contributed by atoms with Gasteiger partial charge in [0.15, 0.2) is 0 Å². The Hall–Kier alpha value is -1.49. The van der Waals surface area contributed by atoms with Gasteiger partial charge in [0.1, 0.15) is 0 Å². The average molecular weight is 307 g/mol. The number of rotatable bonds is 6. The van der Waals surface area contributed by atoms with E-state index in [0.717, 1.165) is 37.2 Å². The first-order chi connectivity index (χ1) is 10.1. The fourth-order valence-electron chi connectivity index (χ4n) is 2.69. The molecule has 2 rings (SSSR count). The van der Waals surface area contributed by atoms with E-state index >= 15 is 0 Å². The standard InChI is InChI=1S/C16H21NO3S/c1-21-9-7-15(18)17-8-6-13(11-17)10-12-2-4-14(5-3-12)16(19)20/h2-5,13H,6-11H2,1H3,(H,19,20)/t13-/m0/s1. The van der Waals surface area contributed by atoms with Gasteiger partial charge in [-0.05, 0) is 42.7 Å². The lowest BCUT2D eigenvalue weighted by atomic mass is 9.98. The first kappa shape index (κ1) is 15.9. The Balaban J connectivity index is 1.84. The number of nitrogens with zero attached hydrogens (tertiary/aromatic N) is 1. The summed E-state index contributed by atoms with van der Waals surface area (Å²) in [6.45, 7) is 1.68. The Morgan fingerprint density at radius 3 is 2.67 bits per heavy atom. The summed E-state index contributed by atoms with van der Waals surface area (Å²) in [5, 5.41) is 8.88. The van der Waals surface area contributed by atoms with Crippen LogP contribution >= 0.6 is 11.8 Å². The number of thioether (sulfide) groups is 1. The molecule has 114 valence electrons. The summed E-state index contributed by atoms with van der Waals surface area (Å²) in [7, 11) is 0. The number of likely N-dealkylation sites (tertiary alicyclic amines) is 1. The predicted molar refractivity (Wildman–Crippen MR) is 84.8 cm³/mol. The zero-order valence-electron chi connectivity index (χ0n) is 12.2. The molecule has 4 nitrogen and oxygen atoms in total. The maximum absolute atomic E-state index is 12.0. The molecule has 1 aliphatic rings. The molecule has 1 aromatic carbocycles. The smallest absolute Gasteiger partial charge is 0.335 e. The molecule has 0 radical (unpaired) electrons. The molecule has 1 heterocycles. The molecule has 5 heteroatoms. The Kier molecular flexibility index (Phi) is 5.67. The van der Waals surface area contributed by atoms with Gasteiger partial charge in [-0.3, -0.25) is 4.79 Å². The molecular weight excluding hydrogens is 286 g/mol. The quantitative estimate of drug-likeness (QED) is 0.877. The van der Waals surface area contributed by atoms with E-state index in [0.29, 0.717) is 17.9 Å². The largest absolute Gasteiger partial charge is 0.478 e. The Morgan fingerprint density at radius 1 is 1.33 bits per heavy atom. The van der Waals surface area contributed by atoms with Gasteiger partial charge in [-0.25, -0.2) is 4.79 Å². The highest BCUT2D eigenvalue weighted by atomic mass is 32.2. The van der Waals surface area contributed by atoms with Crippen molar-refractivity contribution < 1.29 is 14.7 Å². The van der Waals surface area contributed by atoms with Crippen LogP contribution in [-0.4, -0.2) is 47.0 Å². The van der Waals surface area contributed by atoms with Gasteiger partial charge in [0.2, 0.25) is 5.91 Å². The number of carboxylic acids is 1. The van der Waals surface area contributed by atoms with Gasteiger partial charge < -0.3 is 10.0 Å². The minimum atomic E-state index is -0.895. The molecule has 21 heavy (non-hydrogen) atoms. The summed E-state index contributed by atoms with van der Waals surface area (Å²) in [5.74, 6) is 0.733. The van der Waals surface area contributed by atoms with E-state index in [-0.39, 0.29) is 5.91 Å². The van der Waals surface area contributed by atoms with Crippen molar-refractivity contribution in [1.82, 2.24) is 4.90 Å². The van der Waals surface area contributed by atoms with Gasteiger partial charge >= 0.3 is 5.97 Å². The number of amides is 1. The number of benzene rings is 1. The Labute approximate surface area is 129 Å². The third kappa shape index (κ3) is 4.49. The molecular formula is C16H21NO3S. The zero-order chi connectivity index (χ0) is 15.2. The number of carbonyl (C=O) groups is 2. The van der Waals surface area contributed by atoms with E-state index in [9.17, 15) is 9.59 Å². The van der Waals surface area contributed by atoms with Crippen LogP contribution in [0.4, 0.5) is 0 Å². The van der Waals surface area contributed by atoms with E-state index in [4.69, 9.17) is 5.11 Å². The molecule has 1 fully saturated rings. The van der Waals surface area contributed by atoms with Crippen molar-refractivity contribution >= 4 is 23.6 Å². The third-order valence-corrected chi connectivity index (χ3v) is 4.50. The lowest BCUT2D eigenvalue weighted by molar-refractivity contribution is -0.129. The average Bonchev–Trinajstić information content (AvgIpc) is 2.94. The maximum Gasteiger partial charge on any atom is 0.335 e. The Bertz CT molecular complexity index is 501. The minimum Gasteiger partial charge on any atom is -0.478 e. The second-order valence-corrected chi connectivity index (χ2v) is 6.43. The van der Waals surface area contributed by atoms with Gasteiger partial charge in [0.25, 0.3) is 0 Å². The normalized spacial score (nSPS) is 18.0. The molecule has 1 atom stereocenters. The molecule has 1 aromatic rings. The lowest BCUT2D eigenvalue weighted by Gasteiger charge is -2.16. The number of carboxylic acid groups (broad SMARTS) is 1. The van der Waals surface area contributed by atoms with E-state index in [2.05, 4.69) is 0 Å². The molecule has 1 saturated heterocycles. The molecule has 0 spiro atoms. The highest BCUT2D eigenvalue weighted by Crippen LogP contribution is 2.22. The minimum absolute atomic E-state index is 0.257. The van der Waals surface area contributed by atoms with E-state index in [1.165, 1.54) is 0 Å². The van der Waals surface area contributed by atoms with E-state index < -0.39 is 5.97 Å². The van der Waals surface area contributed by atoms with Crippen molar-refractivity contribution in [2.45, 2.75) is 19.3 Å². The summed E-state index contributed by atoms with van der Waals surface area (Å²) in [6.07, 6.45) is 4.58. The van der Waals surface area contributed by atoms with Crippen molar-refractivity contribution in [3.05, 3.63) is 35.4 Å². The number of carbonyl (C=O) groups excluding carboxylic acids is 1. The van der Waals surface area contributed by atoms with Crippen LogP contribution in [-0.2, 0) is 11.2 Å². The van der Waals surface area contributed by atoms with Crippen molar-refractivity contribution in [2.75, 3.05) is 25.1 Å². The van der Waals surface area contributed by atoms with Crippen LogP contribution in [0.15, 0.2) is 24.3 Å². The highest BCUT2D eigenvalue weighted by molar-refractivity contribution is 7.98. The second kappa shape index (κ2) is 7.50. The summed E-state index contributed by atoms with van der Waals surface area (Å²) < 4.78 is 0. The molecule has 0 aliphatic carbocycles. The first-order valence-corrected chi connectivity index (χ1v) is 8.58. The molecule has 1 N–H and O–H groups in total. The zero-order valence-corrected chi connectivity index (χ0v) is 13.1. The monoisotopic (exact) mass is 307 g/mol. The number of aromatic carboxylic acids is 1. The van der Waals surface area contributed by atoms with Crippen molar-refractivity contribution in [3.63, 3.8) is 0 Å². The van der Waals surface area contributed by atoms with Crippen LogP contribution in [0.5, 0.6) is 0 Å². The van der Waals surface area contributed by atoms with Crippen molar-refractivity contribution in [3.8, 4) is 0 Å². The number of hydrogen-bond acceptors (Lipinski definition) is 3. The van der Waals surface area contributed by atoms with Crippen LogP contribution < -0.4 is 0 Å². The predicted octanol–water partition coefficient (Wildman–Crippen LogP) is 2.53. The molecule has 1 amide bonds. The molecule has 0 aromatic heterocycles. The van der Waals surface area contributed by atoms with Gasteiger partial charge in [-0.2, -0.15) is 11.8 Å². The van der Waals surface area contributed by atoms with E-state index in [1.807, 2.05) is 23.3 Å². The number of hydrogen-bond donors (Lipinski definition) is 1. The summed E-state index contributed by atoms with van der Waals surface area (Å²) in [5.41, 5.74) is 1.46. The van der Waals surface area contributed by atoms with Gasteiger partial charge in [-0.15, -0.1) is 0 Å². The van der Waals surface area contributed by atoms with Crippen LogP contribution in [0.25, 0.3) is 0 Å². The Morgan fingerprint density at radius 2 is 2.05 bits per heavy atom. The summed E-state index contributed by atoms with van der Waals surface area (Å²) >= 11 is 1.70. The third-order valence-electron chi connectivity index (χ3n) is 3.88. The van der Waals surface area contributed by atoms with Crippen molar-refractivity contribution in [2.24, 2.45) is 5.92 Å². The second-order valence-electron chi connectivity index (χ2n) is 5.44. The summed E-state index contributed by atoms with van der Waals surface area (Å²) in [4.78, 5) is 24.7. The molecule has 0 bridgehead atoms. The van der Waals surface area contributed by atoms with Crippen molar-refractivity contribution in [1.29, 1.82) is 0 Å². The van der Waals surface area contributed by atoms with Crippen LogP contribution in [0.2, 0.25) is 0 Å². The van der Waals surface area contributed by atoms with Gasteiger partial charge in [0.05, 0.1) is 5.56 Å².